The van der Waals surface area contributed by atoms with Gasteiger partial charge in [0.1, 0.15) is 11.8 Å². The summed E-state index contributed by atoms with van der Waals surface area (Å²) in [7, 11) is 0. The van der Waals surface area contributed by atoms with Crippen LogP contribution in [0.1, 0.15) is 35.3 Å². The van der Waals surface area contributed by atoms with Crippen molar-refractivity contribution in [2.75, 3.05) is 0 Å². The quantitative estimate of drug-likeness (QED) is 0.756. The average molecular weight is 206 g/mol. The predicted molar refractivity (Wildman–Crippen MR) is 55.2 cm³/mol. The lowest BCUT2D eigenvalue weighted by Crippen LogP contribution is -2.25. The van der Waals surface area contributed by atoms with Gasteiger partial charge in [-0.05, 0) is 30.9 Å². The van der Waals surface area contributed by atoms with E-state index in [4.69, 9.17) is 10.5 Å². The lowest BCUT2D eigenvalue weighted by Gasteiger charge is -2.24. The zero-order chi connectivity index (χ0) is 10.7. The maximum absolute atomic E-state index is 11.5. The first-order valence-electron chi connectivity index (χ1n) is 5.15. The third-order valence-electron chi connectivity index (χ3n) is 2.60. The average Bonchev–Trinajstić information content (AvgIpc) is 2.23. The summed E-state index contributed by atoms with van der Waals surface area (Å²) in [6, 6.07) is 3.45. The van der Waals surface area contributed by atoms with Gasteiger partial charge in [-0.15, -0.1) is 0 Å². The van der Waals surface area contributed by atoms with Crippen LogP contribution in [-0.2, 0) is 11.3 Å². The molecule has 80 valence electrons. The van der Waals surface area contributed by atoms with Crippen LogP contribution in [0, 0.1) is 0 Å². The number of nitrogens with two attached hydrogens (primary N) is 1. The molecule has 0 aliphatic heterocycles. The van der Waals surface area contributed by atoms with Crippen molar-refractivity contribution in [3.8, 4) is 0 Å². The molecular weight excluding hydrogens is 192 g/mol. The zero-order valence-corrected chi connectivity index (χ0v) is 8.48. The minimum atomic E-state index is -0.330. The highest BCUT2D eigenvalue weighted by atomic mass is 16.5. The molecule has 0 amide bonds. The summed E-state index contributed by atoms with van der Waals surface area (Å²) in [4.78, 5) is 15.5. The smallest absolute Gasteiger partial charge is 0.357 e. The number of carbonyl (C=O) groups is 1. The van der Waals surface area contributed by atoms with Crippen LogP contribution < -0.4 is 5.73 Å². The van der Waals surface area contributed by atoms with Gasteiger partial charge in [0.25, 0.3) is 0 Å². The molecule has 0 aromatic carbocycles. The normalized spacial score (nSPS) is 15.8. The van der Waals surface area contributed by atoms with Crippen LogP contribution in [0.2, 0.25) is 0 Å². The van der Waals surface area contributed by atoms with Crippen LogP contribution in [-0.4, -0.2) is 17.1 Å². The van der Waals surface area contributed by atoms with E-state index in [-0.39, 0.29) is 12.1 Å². The van der Waals surface area contributed by atoms with E-state index in [1.165, 1.54) is 0 Å². The third kappa shape index (κ3) is 2.33. The zero-order valence-electron chi connectivity index (χ0n) is 8.48. The molecule has 2 N–H and O–H groups in total. The molecule has 15 heavy (non-hydrogen) atoms. The first-order chi connectivity index (χ1) is 7.29. The Kier molecular flexibility index (Phi) is 2.97. The topological polar surface area (TPSA) is 65.2 Å². The number of pyridine rings is 1. The van der Waals surface area contributed by atoms with Gasteiger partial charge in [-0.3, -0.25) is 0 Å². The molecule has 1 aromatic heterocycles. The summed E-state index contributed by atoms with van der Waals surface area (Å²) in [6.07, 6.45) is 4.82. The Morgan fingerprint density at radius 3 is 2.80 bits per heavy atom. The van der Waals surface area contributed by atoms with E-state index >= 15 is 0 Å². The number of carbonyl (C=O) groups excluding carboxylic acids is 1. The number of hydrogen-bond acceptors (Lipinski definition) is 4. The Hall–Kier alpha value is -1.42. The van der Waals surface area contributed by atoms with Crippen LogP contribution in [0.3, 0.4) is 0 Å². The molecule has 0 spiro atoms. The van der Waals surface area contributed by atoms with Crippen molar-refractivity contribution < 1.29 is 9.53 Å². The second-order valence-corrected chi connectivity index (χ2v) is 3.71. The number of nitrogens with zero attached hydrogens (tertiary/aromatic N) is 1. The first kappa shape index (κ1) is 10.1. The van der Waals surface area contributed by atoms with Gasteiger partial charge in [0.2, 0.25) is 0 Å². The van der Waals surface area contributed by atoms with Crippen LogP contribution in [0.5, 0.6) is 0 Å². The molecule has 0 atom stereocenters. The Labute approximate surface area is 88.4 Å². The fourth-order valence-corrected chi connectivity index (χ4v) is 1.37. The molecule has 1 aliphatic carbocycles. The predicted octanol–water partition coefficient (Wildman–Crippen LogP) is 1.25. The second kappa shape index (κ2) is 4.40. The van der Waals surface area contributed by atoms with Gasteiger partial charge in [0, 0.05) is 12.7 Å². The number of esters is 1. The van der Waals surface area contributed by atoms with Crippen molar-refractivity contribution in [2.45, 2.75) is 31.9 Å². The molecular formula is C11H14N2O2. The highest BCUT2D eigenvalue weighted by Gasteiger charge is 2.22. The van der Waals surface area contributed by atoms with Gasteiger partial charge in [-0.25, -0.2) is 9.78 Å². The van der Waals surface area contributed by atoms with Crippen molar-refractivity contribution in [3.05, 3.63) is 29.6 Å². The molecule has 0 radical (unpaired) electrons. The maximum atomic E-state index is 11.5. The Bertz CT molecular complexity index is 344. The first-order valence-corrected chi connectivity index (χ1v) is 5.15. The van der Waals surface area contributed by atoms with Crippen molar-refractivity contribution >= 4 is 5.97 Å². The van der Waals surface area contributed by atoms with E-state index in [0.29, 0.717) is 12.2 Å². The van der Waals surface area contributed by atoms with Gasteiger partial charge in [-0.1, -0.05) is 6.07 Å². The molecule has 1 saturated carbocycles. The number of rotatable bonds is 3. The van der Waals surface area contributed by atoms with Gasteiger partial charge in [-0.2, -0.15) is 0 Å². The fourth-order valence-electron chi connectivity index (χ4n) is 1.37. The molecule has 1 aromatic rings. The summed E-state index contributed by atoms with van der Waals surface area (Å²) in [5, 5.41) is 0. The van der Waals surface area contributed by atoms with Crippen molar-refractivity contribution in [2.24, 2.45) is 5.73 Å². The molecule has 0 unspecified atom stereocenters. The Morgan fingerprint density at radius 1 is 1.53 bits per heavy atom. The molecule has 4 heteroatoms. The van der Waals surface area contributed by atoms with Crippen molar-refractivity contribution in [3.63, 3.8) is 0 Å². The minimum Gasteiger partial charge on any atom is -0.458 e. The fraction of sp³-hybridized carbons (Fsp3) is 0.455. The van der Waals surface area contributed by atoms with Crippen molar-refractivity contribution in [1.29, 1.82) is 0 Å². The molecule has 4 nitrogen and oxygen atoms in total. The Morgan fingerprint density at radius 2 is 2.33 bits per heavy atom. The summed E-state index contributed by atoms with van der Waals surface area (Å²) in [5.74, 6) is -0.330. The molecule has 1 aliphatic rings. The van der Waals surface area contributed by atoms with E-state index < -0.39 is 0 Å². The number of hydrogen-bond donors (Lipinski definition) is 1. The van der Waals surface area contributed by atoms with Gasteiger partial charge in [0.05, 0.1) is 0 Å². The Balaban J connectivity index is 1.98. The largest absolute Gasteiger partial charge is 0.458 e. The third-order valence-corrected chi connectivity index (χ3v) is 2.60. The van der Waals surface area contributed by atoms with Gasteiger partial charge >= 0.3 is 5.97 Å². The number of ether oxygens (including phenoxy) is 1. The van der Waals surface area contributed by atoms with E-state index in [1.807, 2.05) is 0 Å². The highest BCUT2D eigenvalue weighted by molar-refractivity contribution is 5.87. The summed E-state index contributed by atoms with van der Waals surface area (Å²) < 4.78 is 5.21. The standard InChI is InChI=1S/C11H14N2O2/c12-6-8-4-5-10(13-7-8)11(14)15-9-2-1-3-9/h4-5,7,9H,1-3,6,12H2. The highest BCUT2D eigenvalue weighted by Crippen LogP contribution is 2.22. The lowest BCUT2D eigenvalue weighted by atomic mass is 9.96. The van der Waals surface area contributed by atoms with E-state index in [1.54, 1.807) is 18.3 Å². The van der Waals surface area contributed by atoms with Crippen LogP contribution in [0.15, 0.2) is 18.3 Å². The van der Waals surface area contributed by atoms with E-state index in [9.17, 15) is 4.79 Å². The minimum absolute atomic E-state index is 0.105. The molecule has 1 heterocycles. The van der Waals surface area contributed by atoms with Crippen LogP contribution >= 0.6 is 0 Å². The van der Waals surface area contributed by atoms with Crippen molar-refractivity contribution in [1.82, 2.24) is 4.98 Å². The summed E-state index contributed by atoms with van der Waals surface area (Å²) >= 11 is 0. The molecule has 2 rings (SSSR count). The molecule has 0 saturated heterocycles. The van der Waals surface area contributed by atoms with Gasteiger partial charge in [0.15, 0.2) is 0 Å². The molecule has 0 bridgehead atoms. The lowest BCUT2D eigenvalue weighted by molar-refractivity contribution is 0.00837. The van der Waals surface area contributed by atoms with Crippen LogP contribution in [0.25, 0.3) is 0 Å². The summed E-state index contributed by atoms with van der Waals surface area (Å²) in [6.45, 7) is 0.435. The van der Waals surface area contributed by atoms with Gasteiger partial charge < -0.3 is 10.5 Å². The summed E-state index contributed by atoms with van der Waals surface area (Å²) in [5.41, 5.74) is 6.70. The monoisotopic (exact) mass is 206 g/mol. The molecule has 1 fully saturated rings. The SMILES string of the molecule is NCc1ccc(C(=O)OC2CCC2)nc1. The number of aromatic nitrogens is 1. The second-order valence-electron chi connectivity index (χ2n) is 3.71. The van der Waals surface area contributed by atoms with E-state index in [0.717, 1.165) is 24.8 Å². The maximum Gasteiger partial charge on any atom is 0.357 e. The van der Waals surface area contributed by atoms with E-state index in [2.05, 4.69) is 4.98 Å². The van der Waals surface area contributed by atoms with Crippen LogP contribution in [0.4, 0.5) is 0 Å².